The molecule has 1 aliphatic rings. The van der Waals surface area contributed by atoms with Crippen molar-refractivity contribution in [1.82, 2.24) is 14.5 Å². The topological polar surface area (TPSA) is 34.0 Å². The number of pyridine rings is 1. The van der Waals surface area contributed by atoms with E-state index in [1.165, 1.54) is 29.5 Å². The molecule has 0 N–H and O–H groups in total. The predicted octanol–water partition coefficient (Wildman–Crippen LogP) is 4.02. The van der Waals surface area contributed by atoms with E-state index in [1.54, 1.807) is 6.20 Å². The monoisotopic (exact) mass is 332 g/mol. The van der Waals surface area contributed by atoms with Crippen molar-refractivity contribution in [3.8, 4) is 0 Å². The van der Waals surface area contributed by atoms with Crippen LogP contribution in [0.1, 0.15) is 35.4 Å². The van der Waals surface area contributed by atoms with Crippen LogP contribution in [0, 0.1) is 6.92 Å². The molecule has 0 bridgehead atoms. The summed E-state index contributed by atoms with van der Waals surface area (Å²) >= 11 is 0. The fourth-order valence-electron chi connectivity index (χ4n) is 3.77. The molecule has 0 radical (unpaired) electrons. The van der Waals surface area contributed by atoms with Gasteiger partial charge in [0.05, 0.1) is 6.33 Å². The first kappa shape index (κ1) is 15.9. The maximum absolute atomic E-state index is 4.73. The molecule has 128 valence electrons. The molecule has 4 rings (SSSR count). The Bertz CT molecular complexity index is 808. The number of piperidine rings is 1. The zero-order valence-corrected chi connectivity index (χ0v) is 14.7. The van der Waals surface area contributed by atoms with Gasteiger partial charge < -0.3 is 9.47 Å². The minimum absolute atomic E-state index is 0.599. The fourth-order valence-corrected chi connectivity index (χ4v) is 3.77. The Labute approximate surface area is 149 Å². The number of benzene rings is 1. The Morgan fingerprint density at radius 3 is 2.84 bits per heavy atom. The summed E-state index contributed by atoms with van der Waals surface area (Å²) in [4.78, 5) is 11.2. The molecule has 4 heteroatoms. The SMILES string of the molecule is Cc1ccccc1[C@H]1CCCN(c2ccc(Cn3ccnc3)cn2)C1. The van der Waals surface area contributed by atoms with Crippen LogP contribution in [-0.4, -0.2) is 27.6 Å². The Kier molecular flexibility index (Phi) is 4.51. The van der Waals surface area contributed by atoms with Crippen molar-refractivity contribution in [1.29, 1.82) is 0 Å². The van der Waals surface area contributed by atoms with Gasteiger partial charge >= 0.3 is 0 Å². The molecule has 1 saturated heterocycles. The molecular formula is C21H24N4. The molecule has 25 heavy (non-hydrogen) atoms. The minimum Gasteiger partial charge on any atom is -0.356 e. The standard InChI is InChI=1S/C21H24N4/c1-17-5-2-3-7-20(17)19-6-4-11-25(15-19)21-9-8-18(13-23-21)14-24-12-10-22-16-24/h2-3,5,7-10,12-13,16,19H,4,6,11,14-15H2,1H3/t19-/m0/s1. The molecule has 1 atom stereocenters. The second-order valence-electron chi connectivity index (χ2n) is 6.90. The van der Waals surface area contributed by atoms with Crippen LogP contribution >= 0.6 is 0 Å². The highest BCUT2D eigenvalue weighted by molar-refractivity contribution is 5.42. The molecule has 0 amide bonds. The third-order valence-electron chi connectivity index (χ3n) is 5.11. The lowest BCUT2D eigenvalue weighted by atomic mass is 9.88. The average molecular weight is 332 g/mol. The first-order chi connectivity index (χ1) is 12.3. The van der Waals surface area contributed by atoms with Crippen molar-refractivity contribution < 1.29 is 0 Å². The number of aromatic nitrogens is 3. The van der Waals surface area contributed by atoms with Crippen molar-refractivity contribution in [2.24, 2.45) is 0 Å². The van der Waals surface area contributed by atoms with E-state index < -0.39 is 0 Å². The smallest absolute Gasteiger partial charge is 0.128 e. The summed E-state index contributed by atoms with van der Waals surface area (Å²) < 4.78 is 2.06. The molecule has 0 spiro atoms. The molecule has 1 fully saturated rings. The van der Waals surface area contributed by atoms with E-state index in [4.69, 9.17) is 4.98 Å². The zero-order valence-electron chi connectivity index (χ0n) is 14.7. The maximum Gasteiger partial charge on any atom is 0.128 e. The number of anilines is 1. The van der Waals surface area contributed by atoms with E-state index in [2.05, 4.69) is 57.8 Å². The van der Waals surface area contributed by atoms with Gasteiger partial charge in [0.25, 0.3) is 0 Å². The van der Waals surface area contributed by atoms with E-state index in [9.17, 15) is 0 Å². The van der Waals surface area contributed by atoms with Gasteiger partial charge in [-0.3, -0.25) is 0 Å². The van der Waals surface area contributed by atoms with Crippen molar-refractivity contribution in [2.75, 3.05) is 18.0 Å². The quantitative estimate of drug-likeness (QED) is 0.724. The Morgan fingerprint density at radius 2 is 2.08 bits per heavy atom. The minimum atomic E-state index is 0.599. The van der Waals surface area contributed by atoms with Crippen LogP contribution in [0.15, 0.2) is 61.3 Å². The Morgan fingerprint density at radius 1 is 1.16 bits per heavy atom. The van der Waals surface area contributed by atoms with Crippen LogP contribution in [0.25, 0.3) is 0 Å². The van der Waals surface area contributed by atoms with Crippen LogP contribution in [0.5, 0.6) is 0 Å². The highest BCUT2D eigenvalue weighted by Crippen LogP contribution is 2.30. The van der Waals surface area contributed by atoms with Crippen molar-refractivity contribution in [3.63, 3.8) is 0 Å². The van der Waals surface area contributed by atoms with Gasteiger partial charge in [-0.15, -0.1) is 0 Å². The van der Waals surface area contributed by atoms with Gasteiger partial charge in [0.1, 0.15) is 5.82 Å². The highest BCUT2D eigenvalue weighted by atomic mass is 15.2. The number of nitrogens with zero attached hydrogens (tertiary/aromatic N) is 4. The molecule has 1 aliphatic heterocycles. The fraction of sp³-hybridized carbons (Fsp3) is 0.333. The summed E-state index contributed by atoms with van der Waals surface area (Å²) in [5, 5.41) is 0. The largest absolute Gasteiger partial charge is 0.356 e. The van der Waals surface area contributed by atoms with Gasteiger partial charge in [-0.05, 0) is 42.5 Å². The number of hydrogen-bond donors (Lipinski definition) is 0. The molecule has 0 aliphatic carbocycles. The van der Waals surface area contributed by atoms with Gasteiger partial charge in [0.2, 0.25) is 0 Å². The predicted molar refractivity (Wildman–Crippen MR) is 101 cm³/mol. The summed E-state index contributed by atoms with van der Waals surface area (Å²) in [5.74, 6) is 1.69. The van der Waals surface area contributed by atoms with Crippen LogP contribution in [0.2, 0.25) is 0 Å². The molecule has 0 saturated carbocycles. The lowest BCUT2D eigenvalue weighted by molar-refractivity contribution is 0.505. The second-order valence-corrected chi connectivity index (χ2v) is 6.90. The van der Waals surface area contributed by atoms with Crippen LogP contribution in [0.3, 0.4) is 0 Å². The van der Waals surface area contributed by atoms with Crippen LogP contribution in [-0.2, 0) is 6.54 Å². The van der Waals surface area contributed by atoms with Crippen molar-refractivity contribution in [2.45, 2.75) is 32.2 Å². The number of rotatable bonds is 4. The molecule has 1 aromatic carbocycles. The van der Waals surface area contributed by atoms with E-state index in [-0.39, 0.29) is 0 Å². The molecule has 3 heterocycles. The first-order valence-electron chi connectivity index (χ1n) is 9.01. The number of imidazole rings is 1. The summed E-state index contributed by atoms with van der Waals surface area (Å²) in [6.07, 6.45) is 10.1. The summed E-state index contributed by atoms with van der Waals surface area (Å²) in [6.45, 7) is 5.19. The maximum atomic E-state index is 4.73. The van der Waals surface area contributed by atoms with E-state index in [0.717, 1.165) is 25.5 Å². The lowest BCUT2D eigenvalue weighted by Crippen LogP contribution is -2.35. The van der Waals surface area contributed by atoms with Gasteiger partial charge in [-0.2, -0.15) is 0 Å². The Hall–Kier alpha value is -2.62. The van der Waals surface area contributed by atoms with Crippen molar-refractivity contribution >= 4 is 5.82 Å². The average Bonchev–Trinajstić information content (AvgIpc) is 3.16. The Balaban J connectivity index is 1.47. The molecule has 4 nitrogen and oxygen atoms in total. The van der Waals surface area contributed by atoms with E-state index in [1.807, 2.05) is 18.7 Å². The van der Waals surface area contributed by atoms with Crippen LogP contribution < -0.4 is 4.90 Å². The zero-order chi connectivity index (χ0) is 17.1. The second kappa shape index (κ2) is 7.09. The number of aryl methyl sites for hydroxylation is 1. The molecule has 0 unspecified atom stereocenters. The van der Waals surface area contributed by atoms with Gasteiger partial charge in [-0.25, -0.2) is 9.97 Å². The van der Waals surface area contributed by atoms with Gasteiger partial charge in [0.15, 0.2) is 0 Å². The highest BCUT2D eigenvalue weighted by Gasteiger charge is 2.23. The van der Waals surface area contributed by atoms with E-state index in [0.29, 0.717) is 5.92 Å². The number of hydrogen-bond acceptors (Lipinski definition) is 3. The third-order valence-corrected chi connectivity index (χ3v) is 5.11. The van der Waals surface area contributed by atoms with Gasteiger partial charge in [0, 0.05) is 44.1 Å². The third kappa shape index (κ3) is 3.58. The molecular weight excluding hydrogens is 308 g/mol. The molecule has 3 aromatic rings. The van der Waals surface area contributed by atoms with Crippen LogP contribution in [0.4, 0.5) is 5.82 Å². The van der Waals surface area contributed by atoms with Crippen molar-refractivity contribution in [3.05, 3.63) is 78.0 Å². The first-order valence-corrected chi connectivity index (χ1v) is 9.01. The summed E-state index contributed by atoms with van der Waals surface area (Å²) in [7, 11) is 0. The van der Waals surface area contributed by atoms with Gasteiger partial charge in [-0.1, -0.05) is 30.3 Å². The molecule has 2 aromatic heterocycles. The summed E-state index contributed by atoms with van der Waals surface area (Å²) in [6, 6.07) is 13.1. The summed E-state index contributed by atoms with van der Waals surface area (Å²) in [5.41, 5.74) is 4.09. The normalized spacial score (nSPS) is 17.6. The lowest BCUT2D eigenvalue weighted by Gasteiger charge is -2.34. The van der Waals surface area contributed by atoms with E-state index >= 15 is 0 Å².